The van der Waals surface area contributed by atoms with Gasteiger partial charge in [0.05, 0.1) is 17.2 Å². The van der Waals surface area contributed by atoms with Gasteiger partial charge >= 0.3 is 5.97 Å². The molecule has 0 saturated carbocycles. The predicted molar refractivity (Wildman–Crippen MR) is 72.1 cm³/mol. The van der Waals surface area contributed by atoms with Crippen LogP contribution in [0.1, 0.15) is 26.3 Å². The highest BCUT2D eigenvalue weighted by Gasteiger charge is 2.14. The second kappa shape index (κ2) is 6.59. The Morgan fingerprint density at radius 2 is 1.82 bits per heavy atom. The maximum Gasteiger partial charge on any atom is 0.338 e. The number of esters is 1. The summed E-state index contributed by atoms with van der Waals surface area (Å²) in [4.78, 5) is 23.5. The zero-order chi connectivity index (χ0) is 16.1. The van der Waals surface area contributed by atoms with Crippen LogP contribution in [-0.2, 0) is 4.74 Å². The van der Waals surface area contributed by atoms with Crippen molar-refractivity contribution in [3.63, 3.8) is 0 Å². The van der Waals surface area contributed by atoms with Crippen LogP contribution in [0, 0.1) is 23.0 Å². The van der Waals surface area contributed by atoms with Crippen LogP contribution in [0.4, 0.5) is 8.78 Å². The molecule has 0 aliphatic heterocycles. The van der Waals surface area contributed by atoms with Crippen LogP contribution in [0.3, 0.4) is 0 Å². The first kappa shape index (κ1) is 15.3. The molecule has 0 fully saturated rings. The van der Waals surface area contributed by atoms with Crippen molar-refractivity contribution in [3.8, 4) is 6.07 Å². The van der Waals surface area contributed by atoms with Gasteiger partial charge in [0.2, 0.25) is 0 Å². The quantitative estimate of drug-likeness (QED) is 0.643. The lowest BCUT2D eigenvalue weighted by Gasteiger charge is -2.05. The van der Waals surface area contributed by atoms with E-state index in [0.29, 0.717) is 0 Å². The molecule has 0 bridgehead atoms. The Balaban J connectivity index is 2.02. The van der Waals surface area contributed by atoms with Gasteiger partial charge < -0.3 is 4.74 Å². The van der Waals surface area contributed by atoms with Gasteiger partial charge in [-0.15, -0.1) is 0 Å². The van der Waals surface area contributed by atoms with E-state index >= 15 is 0 Å². The Bertz CT molecular complexity index is 781. The van der Waals surface area contributed by atoms with Gasteiger partial charge in [0, 0.05) is 5.56 Å². The molecule has 0 aliphatic carbocycles. The second-order valence-corrected chi connectivity index (χ2v) is 4.32. The molecule has 2 rings (SSSR count). The number of ketones is 1. The van der Waals surface area contributed by atoms with Gasteiger partial charge in [-0.25, -0.2) is 13.6 Å². The summed E-state index contributed by atoms with van der Waals surface area (Å²) in [7, 11) is 0. The SMILES string of the molecule is N#Cc1cccc(C(=O)OCC(=O)c2ccc(F)c(F)c2)c1. The van der Waals surface area contributed by atoms with Crippen LogP contribution in [-0.4, -0.2) is 18.4 Å². The average Bonchev–Trinajstić information content (AvgIpc) is 2.54. The van der Waals surface area contributed by atoms with Gasteiger partial charge in [0.25, 0.3) is 0 Å². The summed E-state index contributed by atoms with van der Waals surface area (Å²) in [5.41, 5.74) is 0.302. The number of nitriles is 1. The molecule has 2 aromatic carbocycles. The molecule has 110 valence electrons. The van der Waals surface area contributed by atoms with Crippen LogP contribution in [0.25, 0.3) is 0 Å². The van der Waals surface area contributed by atoms with Crippen molar-refractivity contribution in [2.24, 2.45) is 0 Å². The zero-order valence-corrected chi connectivity index (χ0v) is 11.2. The number of carbonyl (C=O) groups is 2. The molecular weight excluding hydrogens is 292 g/mol. The molecule has 0 aliphatic rings. The Kier molecular flexibility index (Phi) is 4.59. The average molecular weight is 301 g/mol. The van der Waals surface area contributed by atoms with Gasteiger partial charge in [-0.1, -0.05) is 6.07 Å². The fourth-order valence-corrected chi connectivity index (χ4v) is 1.68. The standard InChI is InChI=1S/C16H9F2NO3/c17-13-5-4-11(7-14(13)18)15(20)9-22-16(21)12-3-1-2-10(6-12)8-19/h1-7H,9H2. The summed E-state index contributed by atoms with van der Waals surface area (Å²) in [5, 5.41) is 8.74. The summed E-state index contributed by atoms with van der Waals surface area (Å²) in [6.07, 6.45) is 0. The Morgan fingerprint density at radius 1 is 1.05 bits per heavy atom. The third kappa shape index (κ3) is 3.52. The van der Waals surface area contributed by atoms with Gasteiger partial charge in [0.1, 0.15) is 0 Å². The number of halogens is 2. The molecule has 0 heterocycles. The highest BCUT2D eigenvalue weighted by Crippen LogP contribution is 2.10. The number of rotatable bonds is 4. The van der Waals surface area contributed by atoms with E-state index in [0.717, 1.165) is 18.2 Å². The Labute approximate surface area is 124 Å². The van der Waals surface area contributed by atoms with Crippen molar-refractivity contribution < 1.29 is 23.1 Å². The molecule has 0 saturated heterocycles. The highest BCUT2D eigenvalue weighted by atomic mass is 19.2. The lowest BCUT2D eigenvalue weighted by Crippen LogP contribution is -2.14. The van der Waals surface area contributed by atoms with Gasteiger partial charge in [-0.2, -0.15) is 5.26 Å². The minimum Gasteiger partial charge on any atom is -0.454 e. The Morgan fingerprint density at radius 3 is 2.50 bits per heavy atom. The number of Topliss-reactive ketones (excluding diaryl/α,β-unsaturated/α-hetero) is 1. The number of hydrogen-bond donors (Lipinski definition) is 0. The first-order valence-electron chi connectivity index (χ1n) is 6.17. The van der Waals surface area contributed by atoms with E-state index in [9.17, 15) is 18.4 Å². The van der Waals surface area contributed by atoms with Crippen LogP contribution < -0.4 is 0 Å². The first-order valence-corrected chi connectivity index (χ1v) is 6.17. The van der Waals surface area contributed by atoms with E-state index in [2.05, 4.69) is 0 Å². The largest absolute Gasteiger partial charge is 0.454 e. The minimum atomic E-state index is -1.15. The number of ether oxygens (including phenoxy) is 1. The molecule has 0 unspecified atom stereocenters. The molecule has 4 nitrogen and oxygen atoms in total. The van der Waals surface area contributed by atoms with E-state index in [1.54, 1.807) is 0 Å². The van der Waals surface area contributed by atoms with Gasteiger partial charge in [-0.3, -0.25) is 4.79 Å². The summed E-state index contributed by atoms with van der Waals surface area (Å²) in [5.74, 6) is -3.67. The molecule has 0 atom stereocenters. The number of nitrogens with zero attached hydrogens (tertiary/aromatic N) is 1. The number of carbonyl (C=O) groups excluding carboxylic acids is 2. The van der Waals surface area contributed by atoms with E-state index < -0.39 is 30.0 Å². The van der Waals surface area contributed by atoms with Crippen molar-refractivity contribution >= 4 is 11.8 Å². The lowest BCUT2D eigenvalue weighted by molar-refractivity contribution is 0.0474. The van der Waals surface area contributed by atoms with E-state index in [4.69, 9.17) is 10.00 Å². The second-order valence-electron chi connectivity index (χ2n) is 4.32. The summed E-state index contributed by atoms with van der Waals surface area (Å²) in [6.45, 7) is -0.610. The van der Waals surface area contributed by atoms with E-state index in [-0.39, 0.29) is 16.7 Å². The summed E-state index contributed by atoms with van der Waals surface area (Å²) < 4.78 is 30.6. The third-order valence-electron chi connectivity index (χ3n) is 2.80. The van der Waals surface area contributed by atoms with Crippen molar-refractivity contribution in [1.29, 1.82) is 5.26 Å². The predicted octanol–water partition coefficient (Wildman–Crippen LogP) is 2.88. The number of hydrogen-bond acceptors (Lipinski definition) is 4. The van der Waals surface area contributed by atoms with Crippen molar-refractivity contribution in [3.05, 3.63) is 70.8 Å². The van der Waals surface area contributed by atoms with Gasteiger partial charge in [-0.05, 0) is 36.4 Å². The fraction of sp³-hybridized carbons (Fsp3) is 0.0625. The van der Waals surface area contributed by atoms with E-state index in [1.807, 2.05) is 6.07 Å². The monoisotopic (exact) mass is 301 g/mol. The molecule has 0 aromatic heterocycles. The molecule has 0 N–H and O–H groups in total. The molecule has 0 spiro atoms. The lowest BCUT2D eigenvalue weighted by atomic mass is 10.1. The zero-order valence-electron chi connectivity index (χ0n) is 11.2. The maximum absolute atomic E-state index is 13.0. The molecule has 6 heteroatoms. The maximum atomic E-state index is 13.0. The van der Waals surface area contributed by atoms with E-state index in [1.165, 1.54) is 24.3 Å². The minimum absolute atomic E-state index is 0.0996. The third-order valence-corrected chi connectivity index (χ3v) is 2.80. The van der Waals surface area contributed by atoms with Gasteiger partial charge in [0.15, 0.2) is 24.0 Å². The number of benzene rings is 2. The molecular formula is C16H9F2NO3. The normalized spacial score (nSPS) is 9.86. The highest BCUT2D eigenvalue weighted by molar-refractivity contribution is 5.99. The fourth-order valence-electron chi connectivity index (χ4n) is 1.68. The smallest absolute Gasteiger partial charge is 0.338 e. The first-order chi connectivity index (χ1) is 10.5. The summed E-state index contributed by atoms with van der Waals surface area (Å²) >= 11 is 0. The van der Waals surface area contributed by atoms with Crippen LogP contribution in [0.2, 0.25) is 0 Å². The van der Waals surface area contributed by atoms with Crippen molar-refractivity contribution in [2.45, 2.75) is 0 Å². The molecule has 2 aromatic rings. The molecule has 0 radical (unpaired) electrons. The van der Waals surface area contributed by atoms with Crippen LogP contribution in [0.15, 0.2) is 42.5 Å². The van der Waals surface area contributed by atoms with Crippen LogP contribution >= 0.6 is 0 Å². The summed E-state index contributed by atoms with van der Waals surface area (Å²) in [6, 6.07) is 10.3. The van der Waals surface area contributed by atoms with Crippen molar-refractivity contribution in [1.82, 2.24) is 0 Å². The Hall–Kier alpha value is -3.07. The molecule has 22 heavy (non-hydrogen) atoms. The molecule has 0 amide bonds. The topological polar surface area (TPSA) is 67.2 Å². The van der Waals surface area contributed by atoms with Crippen molar-refractivity contribution in [2.75, 3.05) is 6.61 Å². The van der Waals surface area contributed by atoms with Crippen LogP contribution in [0.5, 0.6) is 0 Å².